The third-order valence-corrected chi connectivity index (χ3v) is 7.71. The first-order valence-electron chi connectivity index (χ1n) is 9.77. The van der Waals surface area contributed by atoms with E-state index in [1.807, 2.05) is 19.1 Å². The van der Waals surface area contributed by atoms with Crippen molar-refractivity contribution < 1.29 is 8.42 Å². The maximum atomic E-state index is 12.9. The number of fused-ring (bicyclic) bond motifs is 6. The molecule has 0 radical (unpaired) electrons. The van der Waals surface area contributed by atoms with Crippen LogP contribution < -0.4 is 10.6 Å². The normalized spacial score (nSPS) is 13.5. The molecular formula is C22H23ClN4O2S. The molecule has 8 heteroatoms. The highest BCUT2D eigenvalue weighted by Crippen LogP contribution is 2.32. The number of sulfone groups is 1. The van der Waals surface area contributed by atoms with Gasteiger partial charge in [-0.05, 0) is 68.5 Å². The van der Waals surface area contributed by atoms with Crippen molar-refractivity contribution in [1.82, 2.24) is 9.97 Å². The third-order valence-electron chi connectivity index (χ3n) is 5.22. The minimum atomic E-state index is -3.50. The number of hydrogen-bond acceptors (Lipinski definition) is 6. The standard InChI is InChI=1S/C22H23ClN4O2S/c1-13(2)30(28,29)20-9-8-16-7-6-15-5-4-14(3)18(10-15)26-22-24-12-17(23)21(27-22)25-19(20)11-16/h4-5,8-13H,6-7H2,1-3H3,(H2,24,25,26,27). The van der Waals surface area contributed by atoms with E-state index in [0.717, 1.165) is 29.7 Å². The molecule has 2 heterocycles. The highest BCUT2D eigenvalue weighted by atomic mass is 35.5. The maximum Gasteiger partial charge on any atom is 0.229 e. The van der Waals surface area contributed by atoms with Gasteiger partial charge in [0, 0.05) is 5.69 Å². The van der Waals surface area contributed by atoms with Crippen molar-refractivity contribution in [1.29, 1.82) is 0 Å². The van der Waals surface area contributed by atoms with Crippen LogP contribution in [0.15, 0.2) is 47.5 Å². The van der Waals surface area contributed by atoms with Crippen molar-refractivity contribution in [2.45, 2.75) is 43.8 Å². The summed E-state index contributed by atoms with van der Waals surface area (Å²) in [5.41, 5.74) is 4.67. The SMILES string of the molecule is Cc1ccc2cc1Nc1ncc(Cl)c(n1)Nc1cc(ccc1S(=O)(=O)C(C)C)CC2. The largest absolute Gasteiger partial charge is 0.338 e. The van der Waals surface area contributed by atoms with E-state index in [9.17, 15) is 8.42 Å². The molecule has 2 N–H and O–H groups in total. The molecule has 0 unspecified atom stereocenters. The number of aryl methyl sites for hydroxylation is 3. The highest BCUT2D eigenvalue weighted by molar-refractivity contribution is 7.92. The summed E-state index contributed by atoms with van der Waals surface area (Å²) >= 11 is 6.33. The minimum absolute atomic E-state index is 0.233. The molecule has 2 aromatic carbocycles. The van der Waals surface area contributed by atoms with Crippen LogP contribution in [0.25, 0.3) is 0 Å². The lowest BCUT2D eigenvalue weighted by Crippen LogP contribution is -2.16. The molecule has 0 atom stereocenters. The van der Waals surface area contributed by atoms with E-state index in [2.05, 4.69) is 38.8 Å². The van der Waals surface area contributed by atoms with Crippen LogP contribution in [0.3, 0.4) is 0 Å². The van der Waals surface area contributed by atoms with E-state index in [4.69, 9.17) is 11.6 Å². The summed E-state index contributed by atoms with van der Waals surface area (Å²) in [6.07, 6.45) is 3.10. The summed E-state index contributed by atoms with van der Waals surface area (Å²) < 4.78 is 25.9. The second-order valence-corrected chi connectivity index (χ2v) is 10.6. The molecule has 3 aromatic rings. The Hall–Kier alpha value is -2.64. The molecule has 156 valence electrons. The number of anilines is 4. The summed E-state index contributed by atoms with van der Waals surface area (Å²) in [7, 11) is -3.50. The number of nitrogens with one attached hydrogen (secondary N) is 2. The molecule has 0 fully saturated rings. The molecule has 30 heavy (non-hydrogen) atoms. The van der Waals surface area contributed by atoms with Crippen LogP contribution in [-0.4, -0.2) is 23.6 Å². The fourth-order valence-corrected chi connectivity index (χ4v) is 4.66. The number of aromatic nitrogens is 2. The maximum absolute atomic E-state index is 12.9. The average Bonchev–Trinajstić information content (AvgIpc) is 2.71. The van der Waals surface area contributed by atoms with Gasteiger partial charge in [-0.3, -0.25) is 0 Å². The summed E-state index contributed by atoms with van der Waals surface area (Å²) in [5.74, 6) is 0.727. The van der Waals surface area contributed by atoms with Crippen LogP contribution >= 0.6 is 11.6 Å². The van der Waals surface area contributed by atoms with E-state index in [1.54, 1.807) is 19.9 Å². The van der Waals surface area contributed by atoms with Crippen molar-refractivity contribution in [2.75, 3.05) is 10.6 Å². The predicted molar refractivity (Wildman–Crippen MR) is 121 cm³/mol. The Morgan fingerprint density at radius 1 is 1.00 bits per heavy atom. The molecule has 0 saturated heterocycles. The van der Waals surface area contributed by atoms with Gasteiger partial charge in [0.15, 0.2) is 15.7 Å². The molecule has 0 spiro atoms. The van der Waals surface area contributed by atoms with Crippen molar-refractivity contribution in [2.24, 2.45) is 0 Å². The Morgan fingerprint density at radius 3 is 2.37 bits per heavy atom. The number of nitrogens with zero attached hydrogens (tertiary/aromatic N) is 2. The first-order chi connectivity index (χ1) is 14.2. The summed E-state index contributed by atoms with van der Waals surface area (Å²) in [4.78, 5) is 9.00. The molecule has 6 bridgehead atoms. The van der Waals surface area contributed by atoms with Gasteiger partial charge in [-0.15, -0.1) is 0 Å². The molecule has 0 amide bonds. The van der Waals surface area contributed by atoms with E-state index in [0.29, 0.717) is 22.5 Å². The van der Waals surface area contributed by atoms with Crippen LogP contribution in [-0.2, 0) is 22.7 Å². The van der Waals surface area contributed by atoms with Crippen LogP contribution in [0.2, 0.25) is 5.02 Å². The topological polar surface area (TPSA) is 84.0 Å². The second-order valence-electron chi connectivity index (χ2n) is 7.71. The third kappa shape index (κ3) is 4.00. The number of halogens is 1. The molecule has 1 aliphatic heterocycles. The Labute approximate surface area is 181 Å². The lowest BCUT2D eigenvalue weighted by Gasteiger charge is -2.16. The zero-order valence-electron chi connectivity index (χ0n) is 17.0. The van der Waals surface area contributed by atoms with Gasteiger partial charge < -0.3 is 10.6 Å². The van der Waals surface area contributed by atoms with E-state index >= 15 is 0 Å². The zero-order chi connectivity index (χ0) is 21.5. The fraction of sp³-hybridized carbons (Fsp3) is 0.273. The van der Waals surface area contributed by atoms with E-state index in [1.165, 1.54) is 11.8 Å². The summed E-state index contributed by atoms with van der Waals surface area (Å²) in [6, 6.07) is 11.7. The number of rotatable bonds is 2. The van der Waals surface area contributed by atoms with Gasteiger partial charge >= 0.3 is 0 Å². The van der Waals surface area contributed by atoms with Gasteiger partial charge in [-0.25, -0.2) is 13.4 Å². The highest BCUT2D eigenvalue weighted by Gasteiger charge is 2.24. The molecule has 6 nitrogen and oxygen atoms in total. The average molecular weight is 443 g/mol. The number of benzene rings is 2. The van der Waals surface area contributed by atoms with Crippen molar-refractivity contribution in [3.63, 3.8) is 0 Å². The quantitative estimate of drug-likeness (QED) is 0.567. The molecule has 1 aliphatic rings. The Morgan fingerprint density at radius 2 is 1.67 bits per heavy atom. The van der Waals surface area contributed by atoms with Crippen LogP contribution in [0.1, 0.15) is 30.5 Å². The van der Waals surface area contributed by atoms with Gasteiger partial charge in [0.05, 0.1) is 22.0 Å². The van der Waals surface area contributed by atoms with Gasteiger partial charge in [0.1, 0.15) is 5.02 Å². The molecular weight excluding hydrogens is 420 g/mol. The minimum Gasteiger partial charge on any atom is -0.338 e. The Kier molecular flexibility index (Phi) is 5.42. The van der Waals surface area contributed by atoms with Gasteiger partial charge in [0.25, 0.3) is 0 Å². The van der Waals surface area contributed by atoms with Crippen molar-refractivity contribution in [3.05, 3.63) is 64.3 Å². The lowest BCUT2D eigenvalue weighted by molar-refractivity contribution is 0.587. The first-order valence-corrected chi connectivity index (χ1v) is 11.7. The molecule has 0 saturated carbocycles. The lowest BCUT2D eigenvalue weighted by atomic mass is 10.0. The smallest absolute Gasteiger partial charge is 0.229 e. The fourth-order valence-electron chi connectivity index (χ4n) is 3.34. The van der Waals surface area contributed by atoms with Crippen LogP contribution in [0.4, 0.5) is 23.1 Å². The number of hydrogen-bond donors (Lipinski definition) is 2. The zero-order valence-corrected chi connectivity index (χ0v) is 18.6. The van der Waals surface area contributed by atoms with Crippen molar-refractivity contribution in [3.8, 4) is 0 Å². The Balaban J connectivity index is 1.89. The summed E-state index contributed by atoms with van der Waals surface area (Å²) in [6.45, 7) is 5.36. The van der Waals surface area contributed by atoms with E-state index in [-0.39, 0.29) is 4.90 Å². The van der Waals surface area contributed by atoms with Gasteiger partial charge in [0.2, 0.25) is 5.95 Å². The molecule has 0 aliphatic carbocycles. The molecule has 1 aromatic heterocycles. The Bertz CT molecular complexity index is 1230. The predicted octanol–water partition coefficient (Wildman–Crippen LogP) is 5.21. The van der Waals surface area contributed by atoms with Crippen molar-refractivity contribution >= 4 is 44.6 Å². The van der Waals surface area contributed by atoms with Gasteiger partial charge in [-0.2, -0.15) is 4.98 Å². The van der Waals surface area contributed by atoms with Crippen LogP contribution in [0.5, 0.6) is 0 Å². The monoisotopic (exact) mass is 442 g/mol. The first kappa shape index (κ1) is 20.6. The van der Waals surface area contributed by atoms with Gasteiger partial charge in [-0.1, -0.05) is 29.8 Å². The second kappa shape index (κ2) is 7.89. The van der Waals surface area contributed by atoms with E-state index < -0.39 is 15.1 Å². The summed E-state index contributed by atoms with van der Waals surface area (Å²) in [5, 5.41) is 6.15. The molecule has 4 rings (SSSR count). The van der Waals surface area contributed by atoms with Crippen LogP contribution in [0, 0.1) is 6.92 Å².